The van der Waals surface area contributed by atoms with E-state index in [1.165, 1.54) is 15.8 Å². The van der Waals surface area contributed by atoms with Gasteiger partial charge >= 0.3 is 6.01 Å². The largest absolute Gasteiger partial charge is 0.424 e. The topological polar surface area (TPSA) is 52.8 Å². The minimum Gasteiger partial charge on any atom is -0.424 e. The van der Waals surface area contributed by atoms with E-state index >= 15 is 0 Å². The highest BCUT2D eigenvalue weighted by Gasteiger charge is 2.23. The molecule has 146 valence electrons. The van der Waals surface area contributed by atoms with Crippen LogP contribution in [0.3, 0.4) is 0 Å². The molecule has 2 aromatic heterocycles. The molecule has 0 saturated heterocycles. The van der Waals surface area contributed by atoms with Crippen molar-refractivity contribution in [3.63, 3.8) is 0 Å². The highest BCUT2D eigenvalue weighted by molar-refractivity contribution is 5.41. The third kappa shape index (κ3) is 3.87. The molecule has 0 aliphatic rings. The number of aryl methyl sites for hydroxylation is 1. The molecule has 0 saturated carbocycles. The highest BCUT2D eigenvalue weighted by atomic mass is 19.1. The van der Waals surface area contributed by atoms with Crippen LogP contribution in [0.2, 0.25) is 0 Å². The van der Waals surface area contributed by atoms with Crippen LogP contribution in [0.15, 0.2) is 73.2 Å². The van der Waals surface area contributed by atoms with Crippen molar-refractivity contribution in [2.75, 3.05) is 0 Å². The Hall–Kier alpha value is -3.54. The first-order chi connectivity index (χ1) is 13.9. The smallest absolute Gasteiger partial charge is 0.324 e. The van der Waals surface area contributed by atoms with Gasteiger partial charge in [0.1, 0.15) is 5.75 Å². The Morgan fingerprint density at radius 1 is 0.966 bits per heavy atom. The molecular weight excluding hydrogens is 367 g/mol. The van der Waals surface area contributed by atoms with Gasteiger partial charge in [-0.3, -0.25) is 0 Å². The number of rotatable bonds is 5. The Labute approximate surface area is 168 Å². The zero-order chi connectivity index (χ0) is 20.4. The summed E-state index contributed by atoms with van der Waals surface area (Å²) in [4.78, 5) is 8.05. The summed E-state index contributed by atoms with van der Waals surface area (Å²) in [5.74, 6) is 0.0415. The average Bonchev–Trinajstić information content (AvgIpc) is 3.25. The lowest BCUT2D eigenvalue weighted by atomic mass is 9.78. The van der Waals surface area contributed by atoms with Crippen molar-refractivity contribution in [2.45, 2.75) is 26.2 Å². The van der Waals surface area contributed by atoms with Crippen LogP contribution in [-0.4, -0.2) is 19.7 Å². The average molecular weight is 388 g/mol. The fourth-order valence-corrected chi connectivity index (χ4v) is 3.13. The predicted molar refractivity (Wildman–Crippen MR) is 109 cm³/mol. The molecule has 6 heteroatoms. The molecule has 0 spiro atoms. The standard InChI is InChI=1S/C23H21FN4O/c1-16-5-7-17(8-6-16)23(2,3)18-9-11-19(12-10-18)29-22-25-15-20(24)21(27-22)28-14-4-13-26-28/h4-15H,1-3H3. The minimum absolute atomic E-state index is 0.0390. The Bertz CT molecular complexity index is 1100. The van der Waals surface area contributed by atoms with E-state index in [-0.39, 0.29) is 17.2 Å². The molecule has 0 fully saturated rings. The molecule has 4 aromatic rings. The van der Waals surface area contributed by atoms with Gasteiger partial charge in [-0.2, -0.15) is 10.1 Å². The van der Waals surface area contributed by atoms with Crippen molar-refractivity contribution < 1.29 is 9.13 Å². The van der Waals surface area contributed by atoms with Gasteiger partial charge in [-0.15, -0.1) is 0 Å². The summed E-state index contributed by atoms with van der Waals surface area (Å²) >= 11 is 0. The van der Waals surface area contributed by atoms with E-state index in [4.69, 9.17) is 4.74 Å². The molecule has 0 N–H and O–H groups in total. The normalized spacial score (nSPS) is 11.4. The van der Waals surface area contributed by atoms with E-state index in [0.29, 0.717) is 5.75 Å². The zero-order valence-electron chi connectivity index (χ0n) is 16.5. The van der Waals surface area contributed by atoms with Crippen molar-refractivity contribution in [1.29, 1.82) is 0 Å². The van der Waals surface area contributed by atoms with E-state index in [0.717, 1.165) is 11.8 Å². The molecular formula is C23H21FN4O. The van der Waals surface area contributed by atoms with Crippen LogP contribution in [0.25, 0.3) is 5.82 Å². The van der Waals surface area contributed by atoms with E-state index in [1.807, 2.05) is 24.3 Å². The lowest BCUT2D eigenvalue weighted by molar-refractivity contribution is 0.433. The van der Waals surface area contributed by atoms with Crippen molar-refractivity contribution in [1.82, 2.24) is 19.7 Å². The second-order valence-corrected chi connectivity index (χ2v) is 7.39. The van der Waals surface area contributed by atoms with Gasteiger partial charge in [-0.05, 0) is 36.2 Å². The van der Waals surface area contributed by atoms with E-state index in [1.54, 1.807) is 18.5 Å². The minimum atomic E-state index is -0.573. The lowest BCUT2D eigenvalue weighted by Crippen LogP contribution is -2.18. The number of nitrogens with zero attached hydrogens (tertiary/aromatic N) is 4. The number of ether oxygens (including phenoxy) is 1. The van der Waals surface area contributed by atoms with Gasteiger partial charge in [0, 0.05) is 17.8 Å². The van der Waals surface area contributed by atoms with Crippen LogP contribution < -0.4 is 4.74 Å². The monoisotopic (exact) mass is 388 g/mol. The molecule has 0 radical (unpaired) electrons. The maximum absolute atomic E-state index is 14.0. The molecule has 2 aromatic carbocycles. The number of halogens is 1. The summed E-state index contributed by atoms with van der Waals surface area (Å²) in [6, 6.07) is 18.1. The Kier molecular flexibility index (Phi) is 4.84. The summed E-state index contributed by atoms with van der Waals surface area (Å²) < 4.78 is 21.1. The molecule has 2 heterocycles. The van der Waals surface area contributed by atoms with Crippen molar-refractivity contribution in [3.05, 3.63) is 95.7 Å². The van der Waals surface area contributed by atoms with Gasteiger partial charge in [0.2, 0.25) is 0 Å². The van der Waals surface area contributed by atoms with Crippen LogP contribution in [0.1, 0.15) is 30.5 Å². The molecule has 29 heavy (non-hydrogen) atoms. The van der Waals surface area contributed by atoms with Gasteiger partial charge in [0.15, 0.2) is 11.6 Å². The Morgan fingerprint density at radius 2 is 1.62 bits per heavy atom. The number of hydrogen-bond acceptors (Lipinski definition) is 4. The van der Waals surface area contributed by atoms with Crippen LogP contribution in [0.5, 0.6) is 11.8 Å². The Balaban J connectivity index is 1.56. The van der Waals surface area contributed by atoms with Gasteiger partial charge in [0.25, 0.3) is 0 Å². The zero-order valence-corrected chi connectivity index (χ0v) is 16.5. The van der Waals surface area contributed by atoms with Crippen LogP contribution in [-0.2, 0) is 5.41 Å². The molecule has 5 nitrogen and oxygen atoms in total. The highest BCUT2D eigenvalue weighted by Crippen LogP contribution is 2.33. The molecule has 0 unspecified atom stereocenters. The van der Waals surface area contributed by atoms with Crippen molar-refractivity contribution in [2.24, 2.45) is 0 Å². The summed E-state index contributed by atoms with van der Waals surface area (Å²) in [5, 5.41) is 4.00. The van der Waals surface area contributed by atoms with Gasteiger partial charge < -0.3 is 4.74 Å². The molecule has 4 rings (SSSR count). The molecule has 0 bridgehead atoms. The quantitative estimate of drug-likeness (QED) is 0.470. The summed E-state index contributed by atoms with van der Waals surface area (Å²) in [7, 11) is 0. The van der Waals surface area contributed by atoms with E-state index in [2.05, 4.69) is 60.1 Å². The number of aromatic nitrogens is 4. The van der Waals surface area contributed by atoms with E-state index < -0.39 is 5.82 Å². The first kappa shape index (κ1) is 18.8. The first-order valence-corrected chi connectivity index (χ1v) is 9.31. The molecule has 0 aliphatic heterocycles. The maximum Gasteiger partial charge on any atom is 0.324 e. The molecule has 0 aliphatic carbocycles. The SMILES string of the molecule is Cc1ccc(C(C)(C)c2ccc(Oc3ncc(F)c(-n4cccn4)n3)cc2)cc1. The molecule has 0 amide bonds. The summed E-state index contributed by atoms with van der Waals surface area (Å²) in [6.07, 6.45) is 4.24. The van der Waals surface area contributed by atoms with Crippen molar-refractivity contribution in [3.8, 4) is 17.6 Å². The fourth-order valence-electron chi connectivity index (χ4n) is 3.13. The number of benzene rings is 2. The fraction of sp³-hybridized carbons (Fsp3) is 0.174. The maximum atomic E-state index is 14.0. The predicted octanol–water partition coefficient (Wildman–Crippen LogP) is 5.23. The second-order valence-electron chi connectivity index (χ2n) is 7.39. The van der Waals surface area contributed by atoms with E-state index in [9.17, 15) is 4.39 Å². The van der Waals surface area contributed by atoms with Crippen LogP contribution >= 0.6 is 0 Å². The molecule has 0 atom stereocenters. The third-order valence-corrected chi connectivity index (χ3v) is 4.98. The summed E-state index contributed by atoms with van der Waals surface area (Å²) in [6.45, 7) is 6.46. The first-order valence-electron chi connectivity index (χ1n) is 9.31. The van der Waals surface area contributed by atoms with Crippen LogP contribution in [0.4, 0.5) is 4.39 Å². The number of hydrogen-bond donors (Lipinski definition) is 0. The van der Waals surface area contributed by atoms with Gasteiger partial charge in [0.05, 0.1) is 6.20 Å². The third-order valence-electron chi connectivity index (χ3n) is 4.98. The van der Waals surface area contributed by atoms with Gasteiger partial charge in [-0.1, -0.05) is 55.8 Å². The summed E-state index contributed by atoms with van der Waals surface area (Å²) in [5.41, 5.74) is 3.49. The van der Waals surface area contributed by atoms with Crippen LogP contribution in [0, 0.1) is 12.7 Å². The lowest BCUT2D eigenvalue weighted by Gasteiger charge is -2.26. The second kappa shape index (κ2) is 7.47. The van der Waals surface area contributed by atoms with Crippen molar-refractivity contribution >= 4 is 0 Å². The van der Waals surface area contributed by atoms with Gasteiger partial charge in [-0.25, -0.2) is 14.1 Å². The Morgan fingerprint density at radius 3 is 2.24 bits per heavy atom.